The van der Waals surface area contributed by atoms with E-state index >= 15 is 0 Å². The minimum atomic E-state index is 0.480. The molecule has 0 aliphatic rings. The third kappa shape index (κ3) is 1.71. The Morgan fingerprint density at radius 2 is 1.78 bits per heavy atom. The molecular formula is C13H11N5. The van der Waals surface area contributed by atoms with Gasteiger partial charge in [-0.25, -0.2) is 0 Å². The number of anilines is 1. The van der Waals surface area contributed by atoms with Crippen molar-refractivity contribution in [3.05, 3.63) is 48.8 Å². The van der Waals surface area contributed by atoms with Crippen LogP contribution in [-0.4, -0.2) is 20.4 Å². The molecule has 0 bridgehead atoms. The first kappa shape index (κ1) is 10.5. The first-order valence-electron chi connectivity index (χ1n) is 5.52. The Balaban J connectivity index is 2.19. The Labute approximate surface area is 104 Å². The number of hydrogen-bond acceptors (Lipinski definition) is 4. The van der Waals surface area contributed by atoms with Gasteiger partial charge < -0.3 is 5.73 Å². The van der Waals surface area contributed by atoms with Gasteiger partial charge in [0.1, 0.15) is 0 Å². The topological polar surface area (TPSA) is 80.5 Å². The number of aromatic nitrogens is 4. The average molecular weight is 237 g/mol. The third-order valence-electron chi connectivity index (χ3n) is 2.73. The zero-order valence-electron chi connectivity index (χ0n) is 9.54. The fourth-order valence-electron chi connectivity index (χ4n) is 1.90. The molecule has 3 N–H and O–H groups in total. The quantitative estimate of drug-likeness (QED) is 0.715. The highest BCUT2D eigenvalue weighted by Crippen LogP contribution is 2.33. The third-order valence-corrected chi connectivity index (χ3v) is 2.73. The first-order chi connectivity index (χ1) is 8.86. The summed E-state index contributed by atoms with van der Waals surface area (Å²) in [6.45, 7) is 0. The van der Waals surface area contributed by atoms with E-state index in [9.17, 15) is 0 Å². The van der Waals surface area contributed by atoms with Gasteiger partial charge in [-0.1, -0.05) is 30.3 Å². The Bertz CT molecular complexity index is 646. The van der Waals surface area contributed by atoms with E-state index in [1.807, 2.05) is 36.4 Å². The molecule has 0 amide bonds. The van der Waals surface area contributed by atoms with Gasteiger partial charge >= 0.3 is 0 Å². The first-order valence-corrected chi connectivity index (χ1v) is 5.52. The number of benzene rings is 1. The summed E-state index contributed by atoms with van der Waals surface area (Å²) in [4.78, 5) is 0. The number of rotatable bonds is 2. The number of aromatic amines is 1. The highest BCUT2D eigenvalue weighted by Gasteiger charge is 2.14. The van der Waals surface area contributed by atoms with Crippen molar-refractivity contribution in [2.24, 2.45) is 0 Å². The SMILES string of the molecule is Nc1n[nH]c(-c2ccnnc2)c1-c1ccccc1. The van der Waals surface area contributed by atoms with Crippen LogP contribution in [0.5, 0.6) is 0 Å². The van der Waals surface area contributed by atoms with Crippen molar-refractivity contribution in [1.82, 2.24) is 20.4 Å². The Morgan fingerprint density at radius 1 is 0.944 bits per heavy atom. The molecule has 1 aromatic carbocycles. The summed E-state index contributed by atoms with van der Waals surface area (Å²) in [5.74, 6) is 0.480. The van der Waals surface area contributed by atoms with Crippen LogP contribution in [0.3, 0.4) is 0 Å². The second-order valence-corrected chi connectivity index (χ2v) is 3.86. The lowest BCUT2D eigenvalue weighted by Crippen LogP contribution is -1.89. The lowest BCUT2D eigenvalue weighted by molar-refractivity contribution is 1.03. The molecule has 2 aromatic heterocycles. The van der Waals surface area contributed by atoms with E-state index in [0.29, 0.717) is 5.82 Å². The molecule has 5 nitrogen and oxygen atoms in total. The van der Waals surface area contributed by atoms with E-state index < -0.39 is 0 Å². The Morgan fingerprint density at radius 3 is 2.50 bits per heavy atom. The largest absolute Gasteiger partial charge is 0.382 e. The van der Waals surface area contributed by atoms with Gasteiger partial charge in [-0.05, 0) is 11.6 Å². The van der Waals surface area contributed by atoms with Gasteiger partial charge in [0.05, 0.1) is 23.7 Å². The van der Waals surface area contributed by atoms with Gasteiger partial charge in [-0.3, -0.25) is 5.10 Å². The Kier molecular flexibility index (Phi) is 2.49. The van der Waals surface area contributed by atoms with Crippen molar-refractivity contribution in [2.45, 2.75) is 0 Å². The molecule has 5 heteroatoms. The maximum absolute atomic E-state index is 5.93. The fraction of sp³-hybridized carbons (Fsp3) is 0. The number of hydrogen-bond donors (Lipinski definition) is 2. The molecule has 0 fully saturated rings. The zero-order valence-corrected chi connectivity index (χ0v) is 9.54. The normalized spacial score (nSPS) is 10.4. The molecule has 0 saturated heterocycles. The second-order valence-electron chi connectivity index (χ2n) is 3.86. The van der Waals surface area contributed by atoms with Crippen molar-refractivity contribution >= 4 is 5.82 Å². The molecule has 3 aromatic rings. The number of nitrogens with zero attached hydrogens (tertiary/aromatic N) is 3. The van der Waals surface area contributed by atoms with E-state index in [2.05, 4.69) is 20.4 Å². The van der Waals surface area contributed by atoms with Crippen LogP contribution in [0.4, 0.5) is 5.82 Å². The Hall–Kier alpha value is -2.69. The highest BCUT2D eigenvalue weighted by molar-refractivity contribution is 5.87. The molecule has 0 atom stereocenters. The minimum absolute atomic E-state index is 0.480. The van der Waals surface area contributed by atoms with Gasteiger partial charge in [-0.2, -0.15) is 15.3 Å². The molecule has 0 aliphatic heterocycles. The summed E-state index contributed by atoms with van der Waals surface area (Å²) in [7, 11) is 0. The van der Waals surface area contributed by atoms with Crippen LogP contribution >= 0.6 is 0 Å². The van der Waals surface area contributed by atoms with Crippen LogP contribution in [0, 0.1) is 0 Å². The predicted molar refractivity (Wildman–Crippen MR) is 69.5 cm³/mol. The summed E-state index contributed by atoms with van der Waals surface area (Å²) in [5.41, 5.74) is 9.61. The zero-order chi connectivity index (χ0) is 12.4. The number of nitrogens with two attached hydrogens (primary N) is 1. The van der Waals surface area contributed by atoms with E-state index in [0.717, 1.165) is 22.4 Å². The van der Waals surface area contributed by atoms with Gasteiger partial charge in [0.2, 0.25) is 0 Å². The molecule has 3 rings (SSSR count). The minimum Gasteiger partial charge on any atom is -0.382 e. The summed E-state index contributed by atoms with van der Waals surface area (Å²) in [6.07, 6.45) is 3.32. The van der Waals surface area contributed by atoms with Crippen molar-refractivity contribution in [3.8, 4) is 22.4 Å². The van der Waals surface area contributed by atoms with Gasteiger partial charge in [-0.15, -0.1) is 0 Å². The van der Waals surface area contributed by atoms with Crippen LogP contribution in [0.2, 0.25) is 0 Å². The molecule has 0 radical (unpaired) electrons. The fourth-order valence-corrected chi connectivity index (χ4v) is 1.90. The smallest absolute Gasteiger partial charge is 0.153 e. The van der Waals surface area contributed by atoms with Crippen LogP contribution in [0.15, 0.2) is 48.8 Å². The van der Waals surface area contributed by atoms with E-state index in [4.69, 9.17) is 5.73 Å². The van der Waals surface area contributed by atoms with E-state index in [-0.39, 0.29) is 0 Å². The molecule has 2 heterocycles. The van der Waals surface area contributed by atoms with Crippen molar-refractivity contribution < 1.29 is 0 Å². The summed E-state index contributed by atoms with van der Waals surface area (Å²) < 4.78 is 0. The second kappa shape index (κ2) is 4.29. The number of nitrogens with one attached hydrogen (secondary N) is 1. The van der Waals surface area contributed by atoms with Crippen molar-refractivity contribution in [2.75, 3.05) is 5.73 Å². The molecule has 88 valence electrons. The van der Waals surface area contributed by atoms with Crippen molar-refractivity contribution in [3.63, 3.8) is 0 Å². The van der Waals surface area contributed by atoms with Crippen LogP contribution in [-0.2, 0) is 0 Å². The maximum Gasteiger partial charge on any atom is 0.153 e. The standard InChI is InChI=1S/C13H11N5/c14-13-11(9-4-2-1-3-5-9)12(17-18-13)10-6-7-15-16-8-10/h1-8H,(H3,14,17,18). The van der Waals surface area contributed by atoms with Crippen molar-refractivity contribution in [1.29, 1.82) is 0 Å². The molecule has 0 unspecified atom stereocenters. The summed E-state index contributed by atoms with van der Waals surface area (Å²) in [6, 6.07) is 11.8. The summed E-state index contributed by atoms with van der Waals surface area (Å²) >= 11 is 0. The van der Waals surface area contributed by atoms with Crippen LogP contribution in [0.1, 0.15) is 0 Å². The van der Waals surface area contributed by atoms with Gasteiger partial charge in [0.15, 0.2) is 5.82 Å². The van der Waals surface area contributed by atoms with E-state index in [1.165, 1.54) is 0 Å². The number of H-pyrrole nitrogens is 1. The maximum atomic E-state index is 5.93. The highest BCUT2D eigenvalue weighted by atomic mass is 15.2. The molecule has 0 saturated carbocycles. The lowest BCUT2D eigenvalue weighted by atomic mass is 10.0. The van der Waals surface area contributed by atoms with Crippen LogP contribution < -0.4 is 5.73 Å². The predicted octanol–water partition coefficient (Wildman–Crippen LogP) is 2.12. The van der Waals surface area contributed by atoms with Gasteiger partial charge in [0.25, 0.3) is 0 Å². The van der Waals surface area contributed by atoms with Crippen LogP contribution in [0.25, 0.3) is 22.4 Å². The summed E-state index contributed by atoms with van der Waals surface area (Å²) in [5, 5.41) is 14.7. The molecular weight excluding hydrogens is 226 g/mol. The molecule has 0 aliphatic carbocycles. The lowest BCUT2D eigenvalue weighted by Gasteiger charge is -2.03. The van der Waals surface area contributed by atoms with E-state index in [1.54, 1.807) is 12.4 Å². The average Bonchev–Trinajstić information content (AvgIpc) is 2.83. The van der Waals surface area contributed by atoms with Gasteiger partial charge in [0, 0.05) is 5.56 Å². The monoisotopic (exact) mass is 237 g/mol. The molecule has 0 spiro atoms. The number of nitrogen functional groups attached to an aromatic ring is 1. The molecule has 18 heavy (non-hydrogen) atoms.